The molecule has 7 nitrogen and oxygen atoms in total. The predicted octanol–water partition coefficient (Wildman–Crippen LogP) is 4.93. The summed E-state index contributed by atoms with van der Waals surface area (Å²) in [5.41, 5.74) is 3.49. The number of benzene rings is 1. The molecule has 0 radical (unpaired) electrons. The lowest BCUT2D eigenvalue weighted by atomic mass is 10.0. The SMILES string of the molecule is Cc1c(C#N)c(NC(=O)CN2CCCCC2c2nc3ccccc3s2)n(CC2CCCO2)c1C. The average molecular weight is 478 g/mol. The fourth-order valence-electron chi connectivity index (χ4n) is 5.20. The van der Waals surface area contributed by atoms with Crippen LogP contribution in [0.15, 0.2) is 24.3 Å². The number of fused-ring (bicyclic) bond motifs is 1. The van der Waals surface area contributed by atoms with Crippen molar-refractivity contribution in [3.8, 4) is 6.07 Å². The Balaban J connectivity index is 1.35. The molecule has 2 unspecified atom stereocenters. The minimum Gasteiger partial charge on any atom is -0.376 e. The van der Waals surface area contributed by atoms with E-state index in [4.69, 9.17) is 9.72 Å². The number of thiazole rings is 1. The van der Waals surface area contributed by atoms with E-state index in [1.54, 1.807) is 11.3 Å². The van der Waals surface area contributed by atoms with Gasteiger partial charge in [-0.15, -0.1) is 11.3 Å². The van der Waals surface area contributed by atoms with Gasteiger partial charge < -0.3 is 14.6 Å². The van der Waals surface area contributed by atoms with Gasteiger partial charge in [-0.3, -0.25) is 9.69 Å². The molecule has 0 bridgehead atoms. The van der Waals surface area contributed by atoms with E-state index in [0.717, 1.165) is 67.0 Å². The third kappa shape index (κ3) is 4.48. The molecule has 2 atom stereocenters. The van der Waals surface area contributed by atoms with E-state index in [9.17, 15) is 10.1 Å². The number of amides is 1. The van der Waals surface area contributed by atoms with Crippen LogP contribution in [0.3, 0.4) is 0 Å². The van der Waals surface area contributed by atoms with Crippen LogP contribution in [0, 0.1) is 25.2 Å². The van der Waals surface area contributed by atoms with Crippen LogP contribution in [0.2, 0.25) is 0 Å². The van der Waals surface area contributed by atoms with E-state index in [1.807, 2.05) is 32.0 Å². The number of para-hydroxylation sites is 1. The Kier molecular flexibility index (Phi) is 6.68. The van der Waals surface area contributed by atoms with Gasteiger partial charge in [0.1, 0.15) is 16.9 Å². The van der Waals surface area contributed by atoms with Gasteiger partial charge in [-0.1, -0.05) is 18.6 Å². The zero-order valence-corrected chi connectivity index (χ0v) is 20.7. The lowest BCUT2D eigenvalue weighted by molar-refractivity contribution is -0.118. The van der Waals surface area contributed by atoms with E-state index < -0.39 is 0 Å². The summed E-state index contributed by atoms with van der Waals surface area (Å²) in [4.78, 5) is 20.4. The van der Waals surface area contributed by atoms with E-state index in [0.29, 0.717) is 17.9 Å². The molecule has 0 saturated carbocycles. The Bertz CT molecular complexity index is 1200. The molecule has 3 aromatic rings. The molecule has 5 rings (SSSR count). The summed E-state index contributed by atoms with van der Waals surface area (Å²) < 4.78 is 9.08. The van der Waals surface area contributed by atoms with Gasteiger partial charge in [-0.2, -0.15) is 5.26 Å². The number of carbonyl (C=O) groups excluding carboxylic acids is 1. The van der Waals surface area contributed by atoms with Crippen LogP contribution in [0.5, 0.6) is 0 Å². The highest BCUT2D eigenvalue weighted by atomic mass is 32.1. The number of rotatable bonds is 6. The second kappa shape index (κ2) is 9.87. The largest absolute Gasteiger partial charge is 0.376 e. The maximum Gasteiger partial charge on any atom is 0.239 e. The molecule has 1 N–H and O–H groups in total. The molecule has 8 heteroatoms. The molecule has 34 heavy (non-hydrogen) atoms. The first-order chi connectivity index (χ1) is 16.5. The summed E-state index contributed by atoms with van der Waals surface area (Å²) in [7, 11) is 0. The number of hydrogen-bond donors (Lipinski definition) is 1. The third-order valence-corrected chi connectivity index (χ3v) is 8.30. The van der Waals surface area contributed by atoms with Crippen LogP contribution in [0.1, 0.15) is 60.0 Å². The maximum absolute atomic E-state index is 13.3. The van der Waals surface area contributed by atoms with Crippen LogP contribution in [0.25, 0.3) is 10.2 Å². The molecule has 1 amide bonds. The maximum atomic E-state index is 13.3. The Hall–Kier alpha value is -2.73. The second-order valence-corrected chi connectivity index (χ2v) is 10.4. The number of aromatic nitrogens is 2. The van der Waals surface area contributed by atoms with Crippen molar-refractivity contribution in [2.75, 3.05) is 25.0 Å². The molecule has 2 fully saturated rings. The summed E-state index contributed by atoms with van der Waals surface area (Å²) in [6.45, 7) is 6.54. The van der Waals surface area contributed by atoms with Crippen molar-refractivity contribution in [1.82, 2.24) is 14.5 Å². The molecule has 1 aromatic carbocycles. The summed E-state index contributed by atoms with van der Waals surface area (Å²) in [6, 6.07) is 10.7. The molecule has 2 aliphatic heterocycles. The molecular weight excluding hydrogens is 446 g/mol. The summed E-state index contributed by atoms with van der Waals surface area (Å²) in [5.74, 6) is 0.516. The highest BCUT2D eigenvalue weighted by Gasteiger charge is 2.29. The Labute approximate surface area is 204 Å². The number of piperidine rings is 1. The van der Waals surface area contributed by atoms with Crippen molar-refractivity contribution < 1.29 is 9.53 Å². The number of anilines is 1. The summed E-state index contributed by atoms with van der Waals surface area (Å²) in [6.07, 6.45) is 5.40. The van der Waals surface area contributed by atoms with Gasteiger partial charge >= 0.3 is 0 Å². The summed E-state index contributed by atoms with van der Waals surface area (Å²) >= 11 is 1.72. The number of carbonyl (C=O) groups is 1. The van der Waals surface area contributed by atoms with Gasteiger partial charge in [-0.25, -0.2) is 4.98 Å². The standard InChI is InChI=1S/C26H31N5O2S/c1-17-18(2)31(15-19-8-7-13-33-19)25(20(17)14-27)29-24(32)16-30-12-6-5-10-22(30)26-28-21-9-3-4-11-23(21)34-26/h3-4,9,11,19,22H,5-8,10,12-13,15-16H2,1-2H3,(H,29,32). The highest BCUT2D eigenvalue weighted by Crippen LogP contribution is 2.35. The minimum absolute atomic E-state index is 0.0874. The number of hydrogen-bond acceptors (Lipinski definition) is 6. The van der Waals surface area contributed by atoms with Crippen LogP contribution in [-0.4, -0.2) is 46.2 Å². The number of likely N-dealkylation sites (tertiary alicyclic amines) is 1. The van der Waals surface area contributed by atoms with Crippen molar-refractivity contribution in [3.05, 3.63) is 46.1 Å². The molecule has 0 spiro atoms. The van der Waals surface area contributed by atoms with E-state index in [1.165, 1.54) is 4.70 Å². The number of nitriles is 1. The molecule has 178 valence electrons. The molecule has 2 saturated heterocycles. The lowest BCUT2D eigenvalue weighted by Gasteiger charge is -2.33. The van der Waals surface area contributed by atoms with Gasteiger partial charge in [0.25, 0.3) is 0 Å². The predicted molar refractivity (Wildman–Crippen MR) is 134 cm³/mol. The van der Waals surface area contributed by atoms with E-state index >= 15 is 0 Å². The van der Waals surface area contributed by atoms with Gasteiger partial charge in [-0.05, 0) is 63.8 Å². The topological polar surface area (TPSA) is 83.2 Å². The Morgan fingerprint density at radius 3 is 2.88 bits per heavy atom. The molecule has 2 aliphatic rings. The lowest BCUT2D eigenvalue weighted by Crippen LogP contribution is -2.39. The fraction of sp³-hybridized carbons (Fsp3) is 0.500. The van der Waals surface area contributed by atoms with Gasteiger partial charge in [0, 0.05) is 12.3 Å². The van der Waals surface area contributed by atoms with Gasteiger partial charge in [0.15, 0.2) is 0 Å². The van der Waals surface area contributed by atoms with Crippen molar-refractivity contribution in [2.45, 2.75) is 64.6 Å². The zero-order valence-electron chi connectivity index (χ0n) is 19.8. The quantitative estimate of drug-likeness (QED) is 0.544. The first-order valence-corrected chi connectivity index (χ1v) is 13.0. The Morgan fingerprint density at radius 1 is 1.26 bits per heavy atom. The van der Waals surface area contributed by atoms with E-state index in [2.05, 4.69) is 26.9 Å². The zero-order chi connectivity index (χ0) is 23.7. The van der Waals surface area contributed by atoms with Crippen molar-refractivity contribution in [3.63, 3.8) is 0 Å². The molecule has 0 aliphatic carbocycles. The van der Waals surface area contributed by atoms with Crippen molar-refractivity contribution in [1.29, 1.82) is 5.26 Å². The molecule has 4 heterocycles. The van der Waals surface area contributed by atoms with Crippen LogP contribution in [0.4, 0.5) is 5.82 Å². The fourth-order valence-corrected chi connectivity index (χ4v) is 6.34. The Morgan fingerprint density at radius 2 is 2.12 bits per heavy atom. The van der Waals surface area contributed by atoms with Crippen molar-refractivity contribution in [2.24, 2.45) is 0 Å². The minimum atomic E-state index is -0.0874. The van der Waals surface area contributed by atoms with Crippen LogP contribution in [-0.2, 0) is 16.1 Å². The normalized spacial score (nSPS) is 21.1. The summed E-state index contributed by atoms with van der Waals surface area (Å²) in [5, 5.41) is 14.0. The van der Waals surface area contributed by atoms with Gasteiger partial charge in [0.05, 0.1) is 41.0 Å². The van der Waals surface area contributed by atoms with Crippen LogP contribution < -0.4 is 5.32 Å². The van der Waals surface area contributed by atoms with Crippen molar-refractivity contribution >= 4 is 33.3 Å². The first kappa shape index (κ1) is 23.0. The van der Waals surface area contributed by atoms with Crippen LogP contribution >= 0.6 is 11.3 Å². The molecule has 2 aromatic heterocycles. The van der Waals surface area contributed by atoms with Gasteiger partial charge in [0.2, 0.25) is 5.91 Å². The number of nitrogens with zero attached hydrogens (tertiary/aromatic N) is 4. The molecular formula is C26H31N5O2S. The number of nitrogens with one attached hydrogen (secondary N) is 1. The second-order valence-electron chi connectivity index (χ2n) is 9.34. The first-order valence-electron chi connectivity index (χ1n) is 12.2. The average Bonchev–Trinajstić information content (AvgIpc) is 3.56. The highest BCUT2D eigenvalue weighted by molar-refractivity contribution is 7.18. The third-order valence-electron chi connectivity index (χ3n) is 7.16. The smallest absolute Gasteiger partial charge is 0.239 e. The monoisotopic (exact) mass is 477 g/mol. The van der Waals surface area contributed by atoms with E-state index in [-0.39, 0.29) is 24.6 Å². The number of ether oxygens (including phenoxy) is 1.